The third kappa shape index (κ3) is 3.91. The van der Waals surface area contributed by atoms with Gasteiger partial charge in [-0.1, -0.05) is 11.6 Å². The molecule has 5 rings (SSSR count). The van der Waals surface area contributed by atoms with Crippen LogP contribution < -0.4 is 14.9 Å². The molecule has 1 unspecified atom stereocenters. The van der Waals surface area contributed by atoms with E-state index < -0.39 is 6.04 Å². The van der Waals surface area contributed by atoms with Crippen LogP contribution in [0.3, 0.4) is 0 Å². The molecule has 0 aliphatic carbocycles. The van der Waals surface area contributed by atoms with Crippen molar-refractivity contribution in [2.45, 2.75) is 6.04 Å². The fourth-order valence-corrected chi connectivity index (χ4v) is 4.85. The zero-order valence-electron chi connectivity index (χ0n) is 19.0. The van der Waals surface area contributed by atoms with Crippen LogP contribution in [-0.2, 0) is 4.74 Å². The van der Waals surface area contributed by atoms with E-state index in [2.05, 4.69) is 4.90 Å². The molecule has 3 heterocycles. The van der Waals surface area contributed by atoms with E-state index in [1.807, 2.05) is 0 Å². The second kappa shape index (κ2) is 9.29. The number of morpholine rings is 1. The number of halogens is 1. The van der Waals surface area contributed by atoms with Crippen LogP contribution in [0.2, 0.25) is 5.02 Å². The minimum atomic E-state index is -0.687. The SMILES string of the molecule is COc1ccc(OC)c(C2c3c(oc4ccc(Cl)cc4c3=O)C(=O)N2CCN2CCOCC2)c1. The summed E-state index contributed by atoms with van der Waals surface area (Å²) in [4.78, 5) is 31.3. The van der Waals surface area contributed by atoms with Crippen LogP contribution in [0.1, 0.15) is 27.7 Å². The van der Waals surface area contributed by atoms with Gasteiger partial charge in [-0.15, -0.1) is 0 Å². The Balaban J connectivity index is 1.66. The quantitative estimate of drug-likeness (QED) is 0.530. The highest BCUT2D eigenvalue weighted by Crippen LogP contribution is 2.42. The summed E-state index contributed by atoms with van der Waals surface area (Å²) in [5, 5.41) is 0.754. The number of benzene rings is 2. The zero-order valence-corrected chi connectivity index (χ0v) is 19.8. The minimum Gasteiger partial charge on any atom is -0.497 e. The number of nitrogens with zero attached hydrogens (tertiary/aromatic N) is 2. The third-order valence-electron chi connectivity index (χ3n) is 6.42. The van der Waals surface area contributed by atoms with Crippen LogP contribution in [0.4, 0.5) is 0 Å². The Morgan fingerprint density at radius 1 is 1.03 bits per heavy atom. The average Bonchev–Trinajstić information content (AvgIpc) is 3.15. The predicted octanol–water partition coefficient (Wildman–Crippen LogP) is 3.34. The molecule has 1 amide bonds. The molecule has 178 valence electrons. The van der Waals surface area contributed by atoms with Crippen LogP contribution in [0, 0.1) is 0 Å². The number of carbonyl (C=O) groups is 1. The monoisotopic (exact) mass is 484 g/mol. The Morgan fingerprint density at radius 2 is 1.82 bits per heavy atom. The van der Waals surface area contributed by atoms with E-state index in [0.29, 0.717) is 59.4 Å². The molecule has 34 heavy (non-hydrogen) atoms. The third-order valence-corrected chi connectivity index (χ3v) is 6.66. The number of carbonyl (C=O) groups excluding carboxylic acids is 1. The van der Waals surface area contributed by atoms with Gasteiger partial charge in [0.1, 0.15) is 17.1 Å². The first-order valence-corrected chi connectivity index (χ1v) is 11.5. The van der Waals surface area contributed by atoms with E-state index >= 15 is 0 Å². The molecular formula is C25H25ClN2O6. The molecule has 2 aliphatic rings. The second-order valence-electron chi connectivity index (χ2n) is 8.28. The fourth-order valence-electron chi connectivity index (χ4n) is 4.67. The molecular weight excluding hydrogens is 460 g/mol. The van der Waals surface area contributed by atoms with Crippen LogP contribution >= 0.6 is 11.6 Å². The van der Waals surface area contributed by atoms with Gasteiger partial charge in [0.25, 0.3) is 5.91 Å². The molecule has 1 atom stereocenters. The molecule has 0 bridgehead atoms. The van der Waals surface area contributed by atoms with Gasteiger partial charge in [-0.2, -0.15) is 0 Å². The lowest BCUT2D eigenvalue weighted by Crippen LogP contribution is -2.42. The number of fused-ring (bicyclic) bond motifs is 2. The first-order chi connectivity index (χ1) is 16.5. The smallest absolute Gasteiger partial charge is 0.290 e. The Kier molecular flexibility index (Phi) is 6.20. The maximum Gasteiger partial charge on any atom is 0.290 e. The summed E-state index contributed by atoms with van der Waals surface area (Å²) in [7, 11) is 3.13. The number of ether oxygens (including phenoxy) is 3. The molecule has 3 aromatic rings. The van der Waals surface area contributed by atoms with Crippen molar-refractivity contribution in [3.05, 3.63) is 68.5 Å². The highest BCUT2D eigenvalue weighted by molar-refractivity contribution is 6.31. The first kappa shape index (κ1) is 22.7. The molecule has 0 radical (unpaired) electrons. The molecule has 0 N–H and O–H groups in total. The van der Waals surface area contributed by atoms with Gasteiger partial charge in [0.15, 0.2) is 5.43 Å². The van der Waals surface area contributed by atoms with Crippen molar-refractivity contribution in [2.75, 3.05) is 53.6 Å². The maximum atomic E-state index is 13.7. The van der Waals surface area contributed by atoms with E-state index in [0.717, 1.165) is 13.1 Å². The lowest BCUT2D eigenvalue weighted by Gasteiger charge is -2.31. The number of amides is 1. The summed E-state index contributed by atoms with van der Waals surface area (Å²) in [6, 6.07) is 9.49. The van der Waals surface area contributed by atoms with E-state index in [1.165, 1.54) is 0 Å². The van der Waals surface area contributed by atoms with Crippen molar-refractivity contribution in [3.8, 4) is 11.5 Å². The Labute approximate surface area is 201 Å². The molecule has 1 aromatic heterocycles. The molecule has 8 nitrogen and oxygen atoms in total. The van der Waals surface area contributed by atoms with Gasteiger partial charge >= 0.3 is 0 Å². The zero-order chi connectivity index (χ0) is 23.8. The van der Waals surface area contributed by atoms with Gasteiger partial charge in [0, 0.05) is 36.8 Å². The molecule has 1 saturated heterocycles. The van der Waals surface area contributed by atoms with Gasteiger partial charge in [-0.3, -0.25) is 14.5 Å². The standard InChI is InChI=1S/C25H25ClN2O6/c1-31-16-4-6-19(32-2)17(14-16)22-21-23(29)18-13-15(26)3-5-20(18)34-24(21)25(30)28(22)8-7-27-9-11-33-12-10-27/h3-6,13-14,22H,7-12H2,1-2H3. The van der Waals surface area contributed by atoms with Crippen LogP contribution in [0.25, 0.3) is 11.0 Å². The molecule has 9 heteroatoms. The highest BCUT2D eigenvalue weighted by atomic mass is 35.5. The van der Waals surface area contributed by atoms with Gasteiger partial charge in [-0.25, -0.2) is 0 Å². The average molecular weight is 485 g/mol. The number of rotatable bonds is 6. The molecule has 1 fully saturated rings. The van der Waals surface area contributed by atoms with Crippen molar-refractivity contribution in [2.24, 2.45) is 0 Å². The summed E-state index contributed by atoms with van der Waals surface area (Å²) in [6.45, 7) is 3.96. The summed E-state index contributed by atoms with van der Waals surface area (Å²) in [6.07, 6.45) is 0. The van der Waals surface area contributed by atoms with Crippen LogP contribution in [0.5, 0.6) is 11.5 Å². The second-order valence-corrected chi connectivity index (χ2v) is 8.71. The maximum absolute atomic E-state index is 13.7. The van der Waals surface area contributed by atoms with Gasteiger partial charge < -0.3 is 23.5 Å². The minimum absolute atomic E-state index is 0.0525. The summed E-state index contributed by atoms with van der Waals surface area (Å²) < 4.78 is 22.5. The van der Waals surface area contributed by atoms with Crippen LogP contribution in [0.15, 0.2) is 45.6 Å². The van der Waals surface area contributed by atoms with Gasteiger partial charge in [0.05, 0.1) is 44.4 Å². The summed E-state index contributed by atoms with van der Waals surface area (Å²) in [5.41, 5.74) is 0.988. The van der Waals surface area contributed by atoms with Gasteiger partial charge in [0.2, 0.25) is 5.76 Å². The largest absolute Gasteiger partial charge is 0.497 e. The summed E-state index contributed by atoms with van der Waals surface area (Å²) in [5.74, 6) is 0.871. The van der Waals surface area contributed by atoms with Crippen LogP contribution in [-0.4, -0.2) is 69.3 Å². The predicted molar refractivity (Wildman–Crippen MR) is 127 cm³/mol. The van der Waals surface area contributed by atoms with Gasteiger partial charge in [-0.05, 0) is 36.4 Å². The normalized spacial score (nSPS) is 18.4. The number of methoxy groups -OCH3 is 2. The lowest BCUT2D eigenvalue weighted by molar-refractivity contribution is 0.0314. The van der Waals surface area contributed by atoms with E-state index in [-0.39, 0.29) is 22.7 Å². The molecule has 2 aliphatic heterocycles. The Bertz CT molecular complexity index is 1300. The lowest BCUT2D eigenvalue weighted by atomic mass is 9.97. The van der Waals surface area contributed by atoms with Crippen molar-refractivity contribution < 1.29 is 23.4 Å². The first-order valence-electron chi connectivity index (χ1n) is 11.1. The summed E-state index contributed by atoms with van der Waals surface area (Å²) >= 11 is 6.17. The Hall–Kier alpha value is -3.07. The van der Waals surface area contributed by atoms with E-state index in [1.54, 1.807) is 55.5 Å². The van der Waals surface area contributed by atoms with E-state index in [4.69, 9.17) is 30.2 Å². The van der Waals surface area contributed by atoms with Crippen molar-refractivity contribution in [1.82, 2.24) is 9.80 Å². The van der Waals surface area contributed by atoms with E-state index in [9.17, 15) is 9.59 Å². The van der Waals surface area contributed by atoms with Crippen molar-refractivity contribution >= 4 is 28.5 Å². The Morgan fingerprint density at radius 3 is 2.56 bits per heavy atom. The molecule has 0 saturated carbocycles. The topological polar surface area (TPSA) is 81.5 Å². The van der Waals surface area contributed by atoms with Crippen molar-refractivity contribution in [3.63, 3.8) is 0 Å². The van der Waals surface area contributed by atoms with Crippen molar-refractivity contribution in [1.29, 1.82) is 0 Å². The fraction of sp³-hybridized carbons (Fsp3) is 0.360. The molecule has 2 aromatic carbocycles. The number of hydrogen-bond acceptors (Lipinski definition) is 7. The number of hydrogen-bond donors (Lipinski definition) is 0. The molecule has 0 spiro atoms. The highest BCUT2D eigenvalue weighted by Gasteiger charge is 2.44.